The van der Waals surface area contributed by atoms with Gasteiger partial charge in [-0.05, 0) is 30.5 Å². The van der Waals surface area contributed by atoms with Crippen LogP contribution in [0.3, 0.4) is 0 Å². The van der Waals surface area contributed by atoms with Crippen LogP contribution in [-0.2, 0) is 11.3 Å². The van der Waals surface area contributed by atoms with Gasteiger partial charge in [-0.1, -0.05) is 60.1 Å². The van der Waals surface area contributed by atoms with Crippen LogP contribution < -0.4 is 16.2 Å². The molecule has 1 fully saturated rings. The van der Waals surface area contributed by atoms with Gasteiger partial charge in [0.05, 0.1) is 25.0 Å². The molecule has 2 aromatic carbocycles. The first-order chi connectivity index (χ1) is 15.6. The number of amides is 1. The molecule has 7 nitrogen and oxygen atoms in total. The first-order valence-corrected chi connectivity index (χ1v) is 11.1. The molecule has 0 unspecified atom stereocenters. The number of halogens is 1. The average Bonchev–Trinajstić information content (AvgIpc) is 2.81. The van der Waals surface area contributed by atoms with Gasteiger partial charge in [-0.25, -0.2) is 4.68 Å². The summed E-state index contributed by atoms with van der Waals surface area (Å²) < 4.78 is 1.37. The number of likely N-dealkylation sites (tertiary alicyclic amines) is 1. The van der Waals surface area contributed by atoms with Crippen molar-refractivity contribution < 1.29 is 4.79 Å². The molecular formula is C24H26ClN5O2. The molecule has 0 spiro atoms. The average molecular weight is 452 g/mol. The predicted molar refractivity (Wildman–Crippen MR) is 127 cm³/mol. The van der Waals surface area contributed by atoms with Gasteiger partial charge in [0.1, 0.15) is 5.02 Å². The van der Waals surface area contributed by atoms with E-state index >= 15 is 0 Å². The highest BCUT2D eigenvalue weighted by atomic mass is 35.5. The van der Waals surface area contributed by atoms with E-state index in [1.54, 1.807) is 6.20 Å². The number of nitrogens with zero attached hydrogens (tertiary/aromatic N) is 3. The molecule has 1 aromatic heterocycles. The summed E-state index contributed by atoms with van der Waals surface area (Å²) in [6.45, 7) is 2.31. The Hall–Kier alpha value is -3.16. The fourth-order valence-electron chi connectivity index (χ4n) is 3.82. The highest BCUT2D eigenvalue weighted by Gasteiger charge is 2.22. The van der Waals surface area contributed by atoms with Crippen molar-refractivity contribution in [2.45, 2.75) is 25.4 Å². The van der Waals surface area contributed by atoms with Crippen molar-refractivity contribution in [3.05, 3.63) is 87.8 Å². The number of nitrogens with one attached hydrogen (secondary N) is 2. The van der Waals surface area contributed by atoms with Crippen LogP contribution in [0.5, 0.6) is 0 Å². The van der Waals surface area contributed by atoms with Gasteiger partial charge in [0.15, 0.2) is 0 Å². The summed E-state index contributed by atoms with van der Waals surface area (Å²) in [7, 11) is 0. The van der Waals surface area contributed by atoms with Gasteiger partial charge in [-0.3, -0.25) is 14.5 Å². The molecule has 3 aromatic rings. The molecule has 0 bridgehead atoms. The molecular weight excluding hydrogens is 426 g/mol. The Morgan fingerprint density at radius 1 is 1.03 bits per heavy atom. The van der Waals surface area contributed by atoms with E-state index in [1.807, 2.05) is 60.7 Å². The van der Waals surface area contributed by atoms with Crippen molar-refractivity contribution in [3.8, 4) is 0 Å². The third-order valence-corrected chi connectivity index (χ3v) is 5.90. The van der Waals surface area contributed by atoms with Gasteiger partial charge in [0.25, 0.3) is 5.56 Å². The minimum atomic E-state index is -0.310. The summed E-state index contributed by atoms with van der Waals surface area (Å²) in [6.07, 6.45) is 3.32. The van der Waals surface area contributed by atoms with Crippen molar-refractivity contribution in [2.24, 2.45) is 0 Å². The van der Waals surface area contributed by atoms with Crippen molar-refractivity contribution in [3.63, 3.8) is 0 Å². The number of hydrogen-bond acceptors (Lipinski definition) is 5. The Bertz CT molecular complexity index is 1100. The van der Waals surface area contributed by atoms with E-state index in [0.717, 1.165) is 37.2 Å². The highest BCUT2D eigenvalue weighted by Crippen LogP contribution is 2.21. The second-order valence-corrected chi connectivity index (χ2v) is 8.31. The van der Waals surface area contributed by atoms with Gasteiger partial charge in [0.2, 0.25) is 5.91 Å². The minimum Gasteiger partial charge on any atom is -0.380 e. The summed E-state index contributed by atoms with van der Waals surface area (Å²) in [5.74, 6) is -0.0168. The van der Waals surface area contributed by atoms with Crippen molar-refractivity contribution >= 4 is 28.9 Å². The fraction of sp³-hybridized carbons (Fsp3) is 0.292. The van der Waals surface area contributed by atoms with Crippen LogP contribution in [0.2, 0.25) is 5.02 Å². The number of para-hydroxylation sites is 1. The quantitative estimate of drug-likeness (QED) is 0.575. The molecule has 4 rings (SSSR count). The summed E-state index contributed by atoms with van der Waals surface area (Å²) in [5, 5.41) is 10.7. The minimum absolute atomic E-state index is 0.0168. The smallest absolute Gasteiger partial charge is 0.287 e. The third kappa shape index (κ3) is 5.75. The number of aromatic nitrogens is 2. The third-order valence-electron chi connectivity index (χ3n) is 5.53. The molecule has 1 aliphatic heterocycles. The van der Waals surface area contributed by atoms with Crippen LogP contribution in [0, 0.1) is 0 Å². The molecule has 1 aliphatic rings. The maximum Gasteiger partial charge on any atom is 0.287 e. The van der Waals surface area contributed by atoms with E-state index < -0.39 is 0 Å². The van der Waals surface area contributed by atoms with E-state index in [0.29, 0.717) is 18.8 Å². The van der Waals surface area contributed by atoms with Gasteiger partial charge in [-0.15, -0.1) is 0 Å². The summed E-state index contributed by atoms with van der Waals surface area (Å²) in [6, 6.07) is 19.3. The topological polar surface area (TPSA) is 79.3 Å². The standard InChI is InChI=1S/C24H26ClN5O2/c25-23-21(15-26-30(24(23)32)16-18-7-3-1-4-8-18)27-20-11-13-29(14-12-20)17-22(31)28-19-9-5-2-6-10-19/h1-10,15,20,27H,11-14,16-17H2,(H,28,31). The summed E-state index contributed by atoms with van der Waals surface area (Å²) in [4.78, 5) is 27.0. The molecule has 2 N–H and O–H groups in total. The lowest BCUT2D eigenvalue weighted by Crippen LogP contribution is -2.42. The van der Waals surface area contributed by atoms with Crippen LogP contribution >= 0.6 is 11.6 Å². The lowest BCUT2D eigenvalue weighted by atomic mass is 10.0. The Morgan fingerprint density at radius 3 is 2.38 bits per heavy atom. The normalized spacial score (nSPS) is 14.8. The van der Waals surface area contributed by atoms with Crippen molar-refractivity contribution in [1.29, 1.82) is 0 Å². The van der Waals surface area contributed by atoms with Crippen molar-refractivity contribution in [2.75, 3.05) is 30.3 Å². The van der Waals surface area contributed by atoms with E-state index in [9.17, 15) is 9.59 Å². The van der Waals surface area contributed by atoms with Crippen molar-refractivity contribution in [1.82, 2.24) is 14.7 Å². The van der Waals surface area contributed by atoms with Gasteiger partial charge < -0.3 is 10.6 Å². The zero-order chi connectivity index (χ0) is 22.3. The summed E-state index contributed by atoms with van der Waals surface area (Å²) >= 11 is 6.36. The van der Waals surface area contributed by atoms with Crippen LogP contribution in [0.1, 0.15) is 18.4 Å². The van der Waals surface area contributed by atoms with Crippen LogP contribution in [0.25, 0.3) is 0 Å². The molecule has 8 heteroatoms. The molecule has 32 heavy (non-hydrogen) atoms. The largest absolute Gasteiger partial charge is 0.380 e. The Balaban J connectivity index is 1.29. The van der Waals surface area contributed by atoms with Crippen LogP contribution in [0.15, 0.2) is 71.7 Å². The first kappa shape index (κ1) is 22.0. The molecule has 1 saturated heterocycles. The Labute approximate surface area is 192 Å². The highest BCUT2D eigenvalue weighted by molar-refractivity contribution is 6.32. The van der Waals surface area contributed by atoms with E-state index in [1.165, 1.54) is 4.68 Å². The molecule has 166 valence electrons. The molecule has 0 aliphatic carbocycles. The van der Waals surface area contributed by atoms with E-state index in [2.05, 4.69) is 20.6 Å². The number of carbonyl (C=O) groups excluding carboxylic acids is 1. The Kier molecular flexibility index (Phi) is 7.19. The zero-order valence-electron chi connectivity index (χ0n) is 17.7. The van der Waals surface area contributed by atoms with E-state index in [4.69, 9.17) is 11.6 Å². The first-order valence-electron chi connectivity index (χ1n) is 10.7. The van der Waals surface area contributed by atoms with Crippen LogP contribution in [-0.4, -0.2) is 46.3 Å². The monoisotopic (exact) mass is 451 g/mol. The van der Waals surface area contributed by atoms with Gasteiger partial charge in [0, 0.05) is 24.8 Å². The molecule has 2 heterocycles. The molecule has 0 atom stereocenters. The number of hydrogen-bond donors (Lipinski definition) is 2. The second-order valence-electron chi connectivity index (χ2n) is 7.93. The number of anilines is 2. The predicted octanol–water partition coefficient (Wildman–Crippen LogP) is 3.46. The number of carbonyl (C=O) groups is 1. The maximum atomic E-state index is 12.6. The number of rotatable bonds is 7. The number of benzene rings is 2. The second kappa shape index (κ2) is 10.4. The molecule has 1 amide bonds. The lowest BCUT2D eigenvalue weighted by Gasteiger charge is -2.32. The zero-order valence-corrected chi connectivity index (χ0v) is 18.5. The number of piperidine rings is 1. The molecule has 0 saturated carbocycles. The Morgan fingerprint density at radius 2 is 1.69 bits per heavy atom. The fourth-order valence-corrected chi connectivity index (χ4v) is 4.02. The summed E-state index contributed by atoms with van der Waals surface area (Å²) in [5.41, 5.74) is 2.04. The van der Waals surface area contributed by atoms with E-state index in [-0.39, 0.29) is 22.5 Å². The lowest BCUT2D eigenvalue weighted by molar-refractivity contribution is -0.117. The van der Waals surface area contributed by atoms with Gasteiger partial charge >= 0.3 is 0 Å². The maximum absolute atomic E-state index is 12.6. The van der Waals surface area contributed by atoms with Gasteiger partial charge in [-0.2, -0.15) is 5.10 Å². The SMILES string of the molecule is O=C(CN1CCC(Nc2cnn(Cc3ccccc3)c(=O)c2Cl)CC1)Nc1ccccc1. The molecule has 0 radical (unpaired) electrons. The van der Waals surface area contributed by atoms with Crippen LogP contribution in [0.4, 0.5) is 11.4 Å².